The third kappa shape index (κ3) is 2.46. The molecule has 1 amide bonds. The smallest absolute Gasteiger partial charge is 0.231 e. The van der Waals surface area contributed by atoms with Gasteiger partial charge >= 0.3 is 0 Å². The number of aromatic nitrogens is 1. The molecule has 2 rings (SSSR count). The maximum absolute atomic E-state index is 12.4. The average Bonchev–Trinajstić information content (AvgIpc) is 2.42. The van der Waals surface area contributed by atoms with Crippen molar-refractivity contribution in [3.63, 3.8) is 0 Å². The number of amides is 1. The number of pyridine rings is 1. The van der Waals surface area contributed by atoms with Crippen LogP contribution in [0.1, 0.15) is 26.2 Å². The maximum atomic E-state index is 12.4. The monoisotopic (exact) mass is 249 g/mol. The highest BCUT2D eigenvalue weighted by Crippen LogP contribution is 2.34. The SMILES string of the molecule is CCC1(C(=O)Nc2ncccc2O)CCNCC1. The summed E-state index contributed by atoms with van der Waals surface area (Å²) < 4.78 is 0. The normalized spacial score (nSPS) is 18.3. The lowest BCUT2D eigenvalue weighted by atomic mass is 9.76. The van der Waals surface area contributed by atoms with Gasteiger partial charge in [0.05, 0.1) is 5.41 Å². The van der Waals surface area contributed by atoms with E-state index in [1.165, 1.54) is 6.07 Å². The van der Waals surface area contributed by atoms with Crippen LogP contribution >= 0.6 is 0 Å². The summed E-state index contributed by atoms with van der Waals surface area (Å²) in [6.45, 7) is 3.74. The van der Waals surface area contributed by atoms with E-state index >= 15 is 0 Å². The molecular formula is C13H19N3O2. The highest BCUT2D eigenvalue weighted by molar-refractivity contribution is 5.95. The van der Waals surface area contributed by atoms with Crippen LogP contribution in [0.3, 0.4) is 0 Å². The molecule has 1 saturated heterocycles. The Hall–Kier alpha value is -1.62. The number of piperidine rings is 1. The predicted molar refractivity (Wildman–Crippen MR) is 69.4 cm³/mol. The van der Waals surface area contributed by atoms with Gasteiger partial charge in [-0.1, -0.05) is 6.92 Å². The number of carbonyl (C=O) groups excluding carboxylic acids is 1. The van der Waals surface area contributed by atoms with Gasteiger partial charge in [0.25, 0.3) is 0 Å². The Balaban J connectivity index is 2.13. The molecule has 5 nitrogen and oxygen atoms in total. The third-order valence-electron chi connectivity index (χ3n) is 3.74. The first-order chi connectivity index (χ1) is 8.68. The summed E-state index contributed by atoms with van der Waals surface area (Å²) in [5, 5.41) is 15.6. The highest BCUT2D eigenvalue weighted by atomic mass is 16.3. The van der Waals surface area contributed by atoms with Crippen molar-refractivity contribution in [3.8, 4) is 5.75 Å². The summed E-state index contributed by atoms with van der Waals surface area (Å²) >= 11 is 0. The number of carbonyl (C=O) groups is 1. The Bertz CT molecular complexity index is 428. The van der Waals surface area contributed by atoms with Crippen LogP contribution in [-0.4, -0.2) is 29.1 Å². The Kier molecular flexibility index (Phi) is 3.81. The van der Waals surface area contributed by atoms with E-state index in [-0.39, 0.29) is 22.9 Å². The van der Waals surface area contributed by atoms with Gasteiger partial charge in [-0.2, -0.15) is 0 Å². The zero-order chi connectivity index (χ0) is 13.0. The summed E-state index contributed by atoms with van der Waals surface area (Å²) in [7, 11) is 0. The van der Waals surface area contributed by atoms with Gasteiger partial charge in [-0.3, -0.25) is 4.79 Å². The molecule has 98 valence electrons. The number of nitrogens with one attached hydrogen (secondary N) is 2. The second-order valence-electron chi connectivity index (χ2n) is 4.71. The highest BCUT2D eigenvalue weighted by Gasteiger charge is 2.38. The summed E-state index contributed by atoms with van der Waals surface area (Å²) in [6.07, 6.45) is 4.00. The Labute approximate surface area is 107 Å². The molecule has 2 heterocycles. The van der Waals surface area contributed by atoms with Crippen molar-refractivity contribution in [2.75, 3.05) is 18.4 Å². The quantitative estimate of drug-likeness (QED) is 0.759. The Morgan fingerprint density at radius 1 is 1.56 bits per heavy atom. The van der Waals surface area contributed by atoms with E-state index in [0.717, 1.165) is 32.4 Å². The van der Waals surface area contributed by atoms with Crippen molar-refractivity contribution in [1.29, 1.82) is 0 Å². The summed E-state index contributed by atoms with van der Waals surface area (Å²) in [6, 6.07) is 3.15. The van der Waals surface area contributed by atoms with Crippen molar-refractivity contribution in [1.82, 2.24) is 10.3 Å². The van der Waals surface area contributed by atoms with Gasteiger partial charge in [0.15, 0.2) is 11.6 Å². The lowest BCUT2D eigenvalue weighted by Gasteiger charge is -2.35. The van der Waals surface area contributed by atoms with E-state index in [1.54, 1.807) is 12.3 Å². The van der Waals surface area contributed by atoms with E-state index in [1.807, 2.05) is 6.92 Å². The van der Waals surface area contributed by atoms with Crippen LogP contribution in [0.4, 0.5) is 5.82 Å². The Morgan fingerprint density at radius 2 is 2.28 bits per heavy atom. The van der Waals surface area contributed by atoms with Crippen molar-refractivity contribution >= 4 is 11.7 Å². The van der Waals surface area contributed by atoms with Crippen LogP contribution < -0.4 is 10.6 Å². The molecule has 1 aromatic rings. The molecule has 0 aromatic carbocycles. The van der Waals surface area contributed by atoms with Crippen LogP contribution in [0.25, 0.3) is 0 Å². The molecule has 1 aliphatic heterocycles. The van der Waals surface area contributed by atoms with Gasteiger partial charge in [0, 0.05) is 6.20 Å². The molecule has 3 N–H and O–H groups in total. The second-order valence-corrected chi connectivity index (χ2v) is 4.71. The summed E-state index contributed by atoms with van der Waals surface area (Å²) in [5.41, 5.74) is -0.338. The van der Waals surface area contributed by atoms with Crippen molar-refractivity contribution in [2.24, 2.45) is 5.41 Å². The van der Waals surface area contributed by atoms with Crippen LogP contribution in [-0.2, 0) is 4.79 Å². The van der Waals surface area contributed by atoms with Crippen molar-refractivity contribution in [3.05, 3.63) is 18.3 Å². The largest absolute Gasteiger partial charge is 0.504 e. The number of anilines is 1. The molecule has 1 aliphatic rings. The van der Waals surface area contributed by atoms with Gasteiger partial charge in [0.1, 0.15) is 0 Å². The predicted octanol–water partition coefficient (Wildman–Crippen LogP) is 1.51. The van der Waals surface area contributed by atoms with Crippen LogP contribution in [0.15, 0.2) is 18.3 Å². The summed E-state index contributed by atoms with van der Waals surface area (Å²) in [4.78, 5) is 16.4. The van der Waals surface area contributed by atoms with Gasteiger partial charge in [-0.05, 0) is 44.5 Å². The summed E-state index contributed by atoms with van der Waals surface area (Å²) in [5.74, 6) is 0.209. The molecular weight excluding hydrogens is 230 g/mol. The standard InChI is InChI=1S/C13H19N3O2/c1-2-13(5-8-14-9-6-13)12(18)16-11-10(17)4-3-7-15-11/h3-4,7,14,17H,2,5-6,8-9H2,1H3,(H,15,16,18). The van der Waals surface area contributed by atoms with Crippen LogP contribution in [0, 0.1) is 5.41 Å². The second kappa shape index (κ2) is 5.35. The minimum Gasteiger partial charge on any atom is -0.504 e. The van der Waals surface area contributed by atoms with E-state index < -0.39 is 0 Å². The van der Waals surface area contributed by atoms with Gasteiger partial charge in [0.2, 0.25) is 5.91 Å². The van der Waals surface area contributed by atoms with E-state index in [9.17, 15) is 9.90 Å². The van der Waals surface area contributed by atoms with E-state index in [0.29, 0.717) is 0 Å². The molecule has 18 heavy (non-hydrogen) atoms. The average molecular weight is 249 g/mol. The molecule has 0 saturated carbocycles. The number of hydrogen-bond acceptors (Lipinski definition) is 4. The molecule has 0 bridgehead atoms. The molecule has 1 fully saturated rings. The van der Waals surface area contributed by atoms with E-state index in [2.05, 4.69) is 15.6 Å². The first-order valence-corrected chi connectivity index (χ1v) is 6.34. The van der Waals surface area contributed by atoms with Crippen molar-refractivity contribution in [2.45, 2.75) is 26.2 Å². The molecule has 0 unspecified atom stereocenters. The molecule has 0 aliphatic carbocycles. The first kappa shape index (κ1) is 12.8. The number of hydrogen-bond donors (Lipinski definition) is 3. The molecule has 0 spiro atoms. The Morgan fingerprint density at radius 3 is 2.89 bits per heavy atom. The number of aromatic hydroxyl groups is 1. The number of rotatable bonds is 3. The molecule has 0 radical (unpaired) electrons. The fourth-order valence-electron chi connectivity index (χ4n) is 2.38. The van der Waals surface area contributed by atoms with Crippen LogP contribution in [0.2, 0.25) is 0 Å². The fourth-order valence-corrected chi connectivity index (χ4v) is 2.38. The lowest BCUT2D eigenvalue weighted by molar-refractivity contribution is -0.127. The number of nitrogens with zero attached hydrogens (tertiary/aromatic N) is 1. The zero-order valence-electron chi connectivity index (χ0n) is 10.6. The maximum Gasteiger partial charge on any atom is 0.231 e. The van der Waals surface area contributed by atoms with Crippen molar-refractivity contribution < 1.29 is 9.90 Å². The zero-order valence-corrected chi connectivity index (χ0v) is 10.6. The fraction of sp³-hybridized carbons (Fsp3) is 0.538. The molecule has 5 heteroatoms. The molecule has 0 atom stereocenters. The van der Waals surface area contributed by atoms with Gasteiger partial charge in [-0.15, -0.1) is 0 Å². The van der Waals surface area contributed by atoms with Crippen LogP contribution in [0.5, 0.6) is 5.75 Å². The minimum atomic E-state index is -0.338. The lowest BCUT2D eigenvalue weighted by Crippen LogP contribution is -2.44. The first-order valence-electron chi connectivity index (χ1n) is 6.34. The minimum absolute atomic E-state index is 0.00559. The third-order valence-corrected chi connectivity index (χ3v) is 3.74. The molecule has 1 aromatic heterocycles. The van der Waals surface area contributed by atoms with Gasteiger partial charge in [-0.25, -0.2) is 4.98 Å². The van der Waals surface area contributed by atoms with Gasteiger partial charge < -0.3 is 15.7 Å². The topological polar surface area (TPSA) is 74.2 Å². The van der Waals surface area contributed by atoms with E-state index in [4.69, 9.17) is 0 Å².